The van der Waals surface area contributed by atoms with E-state index in [4.69, 9.17) is 4.74 Å². The summed E-state index contributed by atoms with van der Waals surface area (Å²) in [6.45, 7) is 2.69. The highest BCUT2D eigenvalue weighted by Gasteiger charge is 2.24. The lowest BCUT2D eigenvalue weighted by atomic mass is 10.1. The van der Waals surface area contributed by atoms with Crippen molar-refractivity contribution >= 4 is 5.91 Å². The van der Waals surface area contributed by atoms with Crippen molar-refractivity contribution in [1.82, 2.24) is 9.88 Å². The number of carbonyl (C=O) groups excluding carboxylic acids is 1. The number of hydrogen-bond donors (Lipinski definition) is 1. The molecule has 1 N–H and O–H groups in total. The van der Waals surface area contributed by atoms with Crippen molar-refractivity contribution in [2.45, 2.75) is 31.9 Å². The summed E-state index contributed by atoms with van der Waals surface area (Å²) in [5, 5.41) is 3.02. The molecule has 1 fully saturated rings. The molecule has 1 aliphatic rings. The van der Waals surface area contributed by atoms with Crippen LogP contribution in [0, 0.1) is 0 Å². The van der Waals surface area contributed by atoms with Crippen LogP contribution in [0.15, 0.2) is 48.8 Å². The predicted molar refractivity (Wildman–Crippen MR) is 81.3 cm³/mol. The molecule has 1 aromatic carbocycles. The Hall–Kier alpha value is -2.07. The average Bonchev–Trinajstić information content (AvgIpc) is 3.20. The van der Waals surface area contributed by atoms with E-state index in [-0.39, 0.29) is 18.1 Å². The first kappa shape index (κ1) is 13.9. The van der Waals surface area contributed by atoms with Crippen molar-refractivity contribution in [2.75, 3.05) is 6.61 Å². The van der Waals surface area contributed by atoms with Crippen molar-refractivity contribution < 1.29 is 9.53 Å². The normalized spacial score (nSPS) is 19.4. The van der Waals surface area contributed by atoms with Gasteiger partial charge in [0.2, 0.25) is 5.91 Å². The molecule has 2 aromatic rings. The number of hydrogen-bond acceptors (Lipinski definition) is 2. The Bertz CT molecular complexity index is 584. The Labute approximate surface area is 124 Å². The maximum Gasteiger partial charge on any atom is 0.249 e. The van der Waals surface area contributed by atoms with Gasteiger partial charge in [0, 0.05) is 24.7 Å². The van der Waals surface area contributed by atoms with Crippen molar-refractivity contribution in [3.8, 4) is 5.69 Å². The zero-order chi connectivity index (χ0) is 14.7. The SMILES string of the molecule is C[C@@H](NC(=O)[C@@H]1CCCO1)c1ccc(-n2cccc2)cc1. The highest BCUT2D eigenvalue weighted by atomic mass is 16.5. The van der Waals surface area contributed by atoms with Crippen LogP contribution in [0.2, 0.25) is 0 Å². The van der Waals surface area contributed by atoms with Gasteiger partial charge in [0.05, 0.1) is 6.04 Å². The first-order chi connectivity index (χ1) is 10.2. The maximum absolute atomic E-state index is 12.0. The fourth-order valence-corrected chi connectivity index (χ4v) is 2.62. The van der Waals surface area contributed by atoms with Crippen molar-refractivity contribution in [3.05, 3.63) is 54.4 Å². The quantitative estimate of drug-likeness (QED) is 0.938. The Morgan fingerprint density at radius 2 is 2.00 bits per heavy atom. The number of nitrogens with one attached hydrogen (secondary N) is 1. The van der Waals surface area contributed by atoms with E-state index in [9.17, 15) is 4.79 Å². The molecular formula is C17H20N2O2. The fourth-order valence-electron chi connectivity index (χ4n) is 2.62. The molecule has 110 valence electrons. The number of aromatic nitrogens is 1. The van der Waals surface area contributed by atoms with Crippen LogP contribution in [0.3, 0.4) is 0 Å². The number of rotatable bonds is 4. The van der Waals surface area contributed by atoms with Crippen molar-refractivity contribution in [3.63, 3.8) is 0 Å². The van der Waals surface area contributed by atoms with E-state index < -0.39 is 0 Å². The lowest BCUT2D eigenvalue weighted by Crippen LogP contribution is -2.35. The van der Waals surface area contributed by atoms with Gasteiger partial charge in [0.1, 0.15) is 6.10 Å². The first-order valence-corrected chi connectivity index (χ1v) is 7.39. The molecule has 21 heavy (non-hydrogen) atoms. The van der Waals surface area contributed by atoms with Crippen molar-refractivity contribution in [1.29, 1.82) is 0 Å². The highest BCUT2D eigenvalue weighted by Crippen LogP contribution is 2.18. The van der Waals surface area contributed by atoms with Crippen LogP contribution < -0.4 is 5.32 Å². The van der Waals surface area contributed by atoms with E-state index in [1.165, 1.54) is 0 Å². The second kappa shape index (κ2) is 6.14. The summed E-state index contributed by atoms with van der Waals surface area (Å²) in [6, 6.07) is 12.2. The van der Waals surface area contributed by atoms with Crippen LogP contribution >= 0.6 is 0 Å². The third-order valence-corrected chi connectivity index (χ3v) is 3.88. The first-order valence-electron chi connectivity index (χ1n) is 7.39. The molecule has 1 amide bonds. The van der Waals surface area contributed by atoms with Crippen LogP contribution in [0.5, 0.6) is 0 Å². The van der Waals surface area contributed by atoms with E-state index >= 15 is 0 Å². The van der Waals surface area contributed by atoms with E-state index in [1.807, 2.05) is 31.5 Å². The molecule has 0 spiro atoms. The zero-order valence-corrected chi connectivity index (χ0v) is 12.2. The summed E-state index contributed by atoms with van der Waals surface area (Å²) in [5.41, 5.74) is 2.21. The second-order valence-corrected chi connectivity index (χ2v) is 5.41. The van der Waals surface area contributed by atoms with Gasteiger partial charge in [0.15, 0.2) is 0 Å². The molecular weight excluding hydrogens is 264 g/mol. The lowest BCUT2D eigenvalue weighted by molar-refractivity contribution is -0.130. The number of nitrogens with zero attached hydrogens (tertiary/aromatic N) is 1. The predicted octanol–water partition coefficient (Wildman–Crippen LogP) is 2.83. The van der Waals surface area contributed by atoms with Crippen LogP contribution in [0.1, 0.15) is 31.4 Å². The summed E-state index contributed by atoms with van der Waals surface area (Å²) in [7, 11) is 0. The van der Waals surface area contributed by atoms with Gasteiger partial charge in [-0.25, -0.2) is 0 Å². The highest BCUT2D eigenvalue weighted by molar-refractivity contribution is 5.81. The third-order valence-electron chi connectivity index (χ3n) is 3.88. The summed E-state index contributed by atoms with van der Waals surface area (Å²) in [5.74, 6) is -0.00511. The number of ether oxygens (including phenoxy) is 1. The smallest absolute Gasteiger partial charge is 0.249 e. The maximum atomic E-state index is 12.0. The van der Waals surface area contributed by atoms with Gasteiger partial charge in [-0.3, -0.25) is 4.79 Å². The van der Waals surface area contributed by atoms with Crippen LogP contribution in [0.25, 0.3) is 5.69 Å². The average molecular weight is 284 g/mol. The Morgan fingerprint density at radius 3 is 2.62 bits per heavy atom. The number of benzene rings is 1. The largest absolute Gasteiger partial charge is 0.368 e. The summed E-state index contributed by atoms with van der Waals surface area (Å²) in [4.78, 5) is 12.0. The molecule has 0 radical (unpaired) electrons. The molecule has 1 aliphatic heterocycles. The lowest BCUT2D eigenvalue weighted by Gasteiger charge is -2.17. The molecule has 1 aromatic heterocycles. The molecule has 3 rings (SSSR count). The molecule has 0 bridgehead atoms. The molecule has 4 nitrogen and oxygen atoms in total. The Balaban J connectivity index is 1.64. The molecule has 0 unspecified atom stereocenters. The molecule has 1 saturated heterocycles. The van der Waals surface area contributed by atoms with Gasteiger partial charge in [0.25, 0.3) is 0 Å². The number of carbonyl (C=O) groups is 1. The molecule has 4 heteroatoms. The van der Waals surface area contributed by atoms with Gasteiger partial charge in [-0.2, -0.15) is 0 Å². The summed E-state index contributed by atoms with van der Waals surface area (Å²) < 4.78 is 7.46. The van der Waals surface area contributed by atoms with Gasteiger partial charge < -0.3 is 14.6 Å². The minimum atomic E-state index is -0.272. The number of amides is 1. The monoisotopic (exact) mass is 284 g/mol. The second-order valence-electron chi connectivity index (χ2n) is 5.41. The molecule has 0 saturated carbocycles. The van der Waals surface area contributed by atoms with Crippen LogP contribution in [-0.2, 0) is 9.53 Å². The minimum Gasteiger partial charge on any atom is -0.368 e. The third kappa shape index (κ3) is 3.16. The molecule has 2 heterocycles. The van der Waals surface area contributed by atoms with Crippen molar-refractivity contribution in [2.24, 2.45) is 0 Å². The van der Waals surface area contributed by atoms with Gasteiger partial charge in [-0.1, -0.05) is 12.1 Å². The Kier molecular flexibility index (Phi) is 4.06. The summed E-state index contributed by atoms with van der Waals surface area (Å²) in [6.07, 6.45) is 5.55. The van der Waals surface area contributed by atoms with Crippen LogP contribution in [-0.4, -0.2) is 23.2 Å². The van der Waals surface area contributed by atoms with Gasteiger partial charge >= 0.3 is 0 Å². The standard InChI is InChI=1S/C17H20N2O2/c1-13(18-17(20)16-5-4-12-21-16)14-6-8-15(9-7-14)19-10-2-3-11-19/h2-3,6-11,13,16H,4-5,12H2,1H3,(H,18,20)/t13-,16+/m1/s1. The Morgan fingerprint density at radius 1 is 1.29 bits per heavy atom. The van der Waals surface area contributed by atoms with Gasteiger partial charge in [-0.05, 0) is 49.6 Å². The topological polar surface area (TPSA) is 43.3 Å². The summed E-state index contributed by atoms with van der Waals surface area (Å²) >= 11 is 0. The van der Waals surface area contributed by atoms with E-state index in [0.29, 0.717) is 6.61 Å². The van der Waals surface area contributed by atoms with E-state index in [1.54, 1.807) is 0 Å². The minimum absolute atomic E-state index is 0.00511. The van der Waals surface area contributed by atoms with Gasteiger partial charge in [-0.15, -0.1) is 0 Å². The fraction of sp³-hybridized carbons (Fsp3) is 0.353. The molecule has 2 atom stereocenters. The van der Waals surface area contributed by atoms with E-state index in [2.05, 4.69) is 34.1 Å². The van der Waals surface area contributed by atoms with E-state index in [0.717, 1.165) is 24.1 Å². The van der Waals surface area contributed by atoms with Crippen LogP contribution in [0.4, 0.5) is 0 Å². The zero-order valence-electron chi connectivity index (χ0n) is 12.2. The molecule has 0 aliphatic carbocycles.